The summed E-state index contributed by atoms with van der Waals surface area (Å²) < 4.78 is 0. The van der Waals surface area contributed by atoms with Gasteiger partial charge in [-0.25, -0.2) is 0 Å². The first-order valence-corrected chi connectivity index (χ1v) is 5.15. The third-order valence-electron chi connectivity index (χ3n) is 2.67. The summed E-state index contributed by atoms with van der Waals surface area (Å²) in [5.41, 5.74) is -0.357. The first-order chi connectivity index (χ1) is 5.70. The average molecular weight is 171 g/mol. The molecule has 12 heavy (non-hydrogen) atoms. The minimum absolute atomic E-state index is 0.357. The monoisotopic (exact) mass is 171 g/mol. The van der Waals surface area contributed by atoms with E-state index in [1.54, 1.807) is 0 Å². The molecule has 2 heteroatoms. The van der Waals surface area contributed by atoms with Crippen molar-refractivity contribution in [2.24, 2.45) is 0 Å². The Bertz CT molecular complexity index is 138. The molecule has 0 aliphatic carbocycles. The zero-order valence-corrected chi connectivity index (χ0v) is 8.34. The highest BCUT2D eigenvalue weighted by atomic mass is 16.3. The molecule has 0 amide bonds. The van der Waals surface area contributed by atoms with Gasteiger partial charge in [-0.15, -0.1) is 0 Å². The van der Waals surface area contributed by atoms with E-state index in [1.807, 2.05) is 0 Å². The highest BCUT2D eigenvalue weighted by Gasteiger charge is 2.34. The SMILES string of the molecule is CCCN1CCC(O)(CCC)C1. The fourth-order valence-corrected chi connectivity index (χ4v) is 2.12. The Morgan fingerprint density at radius 1 is 1.33 bits per heavy atom. The van der Waals surface area contributed by atoms with Crippen LogP contribution in [0.4, 0.5) is 0 Å². The van der Waals surface area contributed by atoms with Crippen LogP contribution < -0.4 is 0 Å². The minimum Gasteiger partial charge on any atom is -0.389 e. The molecule has 0 radical (unpaired) electrons. The molecule has 2 nitrogen and oxygen atoms in total. The molecule has 1 rings (SSSR count). The van der Waals surface area contributed by atoms with Gasteiger partial charge in [-0.2, -0.15) is 0 Å². The smallest absolute Gasteiger partial charge is 0.0786 e. The molecule has 1 fully saturated rings. The fourth-order valence-electron chi connectivity index (χ4n) is 2.12. The summed E-state index contributed by atoms with van der Waals surface area (Å²) in [7, 11) is 0. The molecule has 0 spiro atoms. The molecule has 1 heterocycles. The van der Waals surface area contributed by atoms with Crippen molar-refractivity contribution in [3.8, 4) is 0 Å². The topological polar surface area (TPSA) is 23.5 Å². The van der Waals surface area contributed by atoms with Crippen LogP contribution in [0.1, 0.15) is 39.5 Å². The second kappa shape index (κ2) is 4.24. The average Bonchev–Trinajstić information content (AvgIpc) is 2.34. The Labute approximate surface area is 75.6 Å². The largest absolute Gasteiger partial charge is 0.389 e. The van der Waals surface area contributed by atoms with Crippen LogP contribution >= 0.6 is 0 Å². The second-order valence-corrected chi connectivity index (χ2v) is 4.00. The zero-order valence-electron chi connectivity index (χ0n) is 8.34. The predicted octanol–water partition coefficient (Wildman–Crippen LogP) is 1.63. The number of hydrogen-bond acceptors (Lipinski definition) is 2. The molecular formula is C10H21NO. The Balaban J connectivity index is 2.32. The van der Waals surface area contributed by atoms with Crippen molar-refractivity contribution < 1.29 is 5.11 Å². The lowest BCUT2D eigenvalue weighted by Crippen LogP contribution is -2.33. The number of aliphatic hydroxyl groups is 1. The molecule has 1 saturated heterocycles. The van der Waals surface area contributed by atoms with Crippen LogP contribution in [0, 0.1) is 0 Å². The van der Waals surface area contributed by atoms with Gasteiger partial charge in [0, 0.05) is 13.1 Å². The summed E-state index contributed by atoms with van der Waals surface area (Å²) in [6, 6.07) is 0. The number of hydrogen-bond donors (Lipinski definition) is 1. The Morgan fingerprint density at radius 2 is 2.08 bits per heavy atom. The fraction of sp³-hybridized carbons (Fsp3) is 1.00. The summed E-state index contributed by atoms with van der Waals surface area (Å²) in [6.07, 6.45) is 4.23. The molecule has 0 aromatic rings. The van der Waals surface area contributed by atoms with Crippen LogP contribution in [0.3, 0.4) is 0 Å². The van der Waals surface area contributed by atoms with Gasteiger partial charge in [0.15, 0.2) is 0 Å². The first kappa shape index (κ1) is 10.0. The molecule has 0 aromatic carbocycles. The van der Waals surface area contributed by atoms with Crippen LogP contribution in [0.5, 0.6) is 0 Å². The summed E-state index contributed by atoms with van der Waals surface area (Å²) >= 11 is 0. The normalized spacial score (nSPS) is 31.2. The van der Waals surface area contributed by atoms with Crippen molar-refractivity contribution in [1.82, 2.24) is 4.90 Å². The van der Waals surface area contributed by atoms with Gasteiger partial charge in [-0.1, -0.05) is 20.3 Å². The van der Waals surface area contributed by atoms with Gasteiger partial charge in [-0.3, -0.25) is 0 Å². The summed E-state index contributed by atoms with van der Waals surface area (Å²) in [6.45, 7) is 7.46. The highest BCUT2D eigenvalue weighted by Crippen LogP contribution is 2.25. The van der Waals surface area contributed by atoms with Crippen molar-refractivity contribution in [3.63, 3.8) is 0 Å². The van der Waals surface area contributed by atoms with E-state index in [-0.39, 0.29) is 5.60 Å². The summed E-state index contributed by atoms with van der Waals surface area (Å²) in [5, 5.41) is 10.0. The molecule has 1 aliphatic heterocycles. The number of likely N-dealkylation sites (tertiary alicyclic amines) is 1. The Morgan fingerprint density at radius 3 is 2.67 bits per heavy atom. The van der Waals surface area contributed by atoms with Gasteiger partial charge in [0.2, 0.25) is 0 Å². The van der Waals surface area contributed by atoms with Gasteiger partial charge >= 0.3 is 0 Å². The van der Waals surface area contributed by atoms with Crippen molar-refractivity contribution in [2.45, 2.75) is 45.1 Å². The molecule has 0 aromatic heterocycles. The first-order valence-electron chi connectivity index (χ1n) is 5.15. The molecule has 1 aliphatic rings. The van der Waals surface area contributed by atoms with Crippen LogP contribution in [-0.2, 0) is 0 Å². The van der Waals surface area contributed by atoms with E-state index in [4.69, 9.17) is 0 Å². The molecular weight excluding hydrogens is 150 g/mol. The summed E-state index contributed by atoms with van der Waals surface area (Å²) in [4.78, 5) is 2.37. The number of β-amino-alcohol motifs (C(OH)–C–C–N with tert-alkyl or cyclic N) is 1. The Hall–Kier alpha value is -0.0800. The van der Waals surface area contributed by atoms with Crippen molar-refractivity contribution >= 4 is 0 Å². The minimum atomic E-state index is -0.357. The lowest BCUT2D eigenvalue weighted by molar-refractivity contribution is 0.0400. The van der Waals surface area contributed by atoms with Gasteiger partial charge < -0.3 is 10.0 Å². The number of rotatable bonds is 4. The van der Waals surface area contributed by atoms with E-state index in [0.29, 0.717) is 0 Å². The maximum Gasteiger partial charge on any atom is 0.0786 e. The quantitative estimate of drug-likeness (QED) is 0.695. The summed E-state index contributed by atoms with van der Waals surface area (Å²) in [5.74, 6) is 0. The van der Waals surface area contributed by atoms with E-state index >= 15 is 0 Å². The van der Waals surface area contributed by atoms with Crippen molar-refractivity contribution in [3.05, 3.63) is 0 Å². The lowest BCUT2D eigenvalue weighted by atomic mass is 9.98. The molecule has 1 N–H and O–H groups in total. The van der Waals surface area contributed by atoms with Crippen LogP contribution in [0.25, 0.3) is 0 Å². The van der Waals surface area contributed by atoms with E-state index in [1.165, 1.54) is 6.42 Å². The van der Waals surface area contributed by atoms with E-state index in [9.17, 15) is 5.11 Å². The molecule has 1 atom stereocenters. The maximum atomic E-state index is 10.0. The molecule has 72 valence electrons. The van der Waals surface area contributed by atoms with Gasteiger partial charge in [-0.05, 0) is 25.8 Å². The predicted molar refractivity (Wildman–Crippen MR) is 51.2 cm³/mol. The molecule has 1 unspecified atom stereocenters. The zero-order chi connectivity index (χ0) is 9.03. The lowest BCUT2D eigenvalue weighted by Gasteiger charge is -2.22. The second-order valence-electron chi connectivity index (χ2n) is 4.00. The highest BCUT2D eigenvalue weighted by molar-refractivity contribution is 4.89. The van der Waals surface area contributed by atoms with Gasteiger partial charge in [0.1, 0.15) is 0 Å². The van der Waals surface area contributed by atoms with Crippen LogP contribution in [0.15, 0.2) is 0 Å². The molecule has 0 saturated carbocycles. The van der Waals surface area contributed by atoms with Crippen molar-refractivity contribution in [2.75, 3.05) is 19.6 Å². The standard InChI is InChI=1S/C10H21NO/c1-3-5-10(12)6-8-11(9-10)7-4-2/h12H,3-9H2,1-2H3. The van der Waals surface area contributed by atoms with E-state index in [2.05, 4.69) is 18.7 Å². The van der Waals surface area contributed by atoms with E-state index < -0.39 is 0 Å². The van der Waals surface area contributed by atoms with Crippen molar-refractivity contribution in [1.29, 1.82) is 0 Å². The van der Waals surface area contributed by atoms with Crippen LogP contribution in [-0.4, -0.2) is 35.2 Å². The van der Waals surface area contributed by atoms with Gasteiger partial charge in [0.05, 0.1) is 5.60 Å². The molecule has 0 bridgehead atoms. The third-order valence-corrected chi connectivity index (χ3v) is 2.67. The Kier molecular flexibility index (Phi) is 3.53. The van der Waals surface area contributed by atoms with Gasteiger partial charge in [0.25, 0.3) is 0 Å². The van der Waals surface area contributed by atoms with E-state index in [0.717, 1.165) is 38.9 Å². The van der Waals surface area contributed by atoms with Crippen LogP contribution in [0.2, 0.25) is 0 Å². The maximum absolute atomic E-state index is 10.0. The third kappa shape index (κ3) is 2.46. The number of nitrogens with zero attached hydrogens (tertiary/aromatic N) is 1.